The molecule has 0 saturated carbocycles. The van der Waals surface area contributed by atoms with Crippen LogP contribution in [0.4, 0.5) is 0 Å². The maximum absolute atomic E-state index is 12.4. The molecule has 2 aromatic carbocycles. The Morgan fingerprint density at radius 3 is 2.57 bits per heavy atom. The molecule has 0 aliphatic carbocycles. The Morgan fingerprint density at radius 1 is 1.13 bits per heavy atom. The number of ether oxygens (including phenoxy) is 1. The minimum Gasteiger partial charge on any atom is -0.497 e. The van der Waals surface area contributed by atoms with Crippen LogP contribution in [-0.4, -0.2) is 24.5 Å². The van der Waals surface area contributed by atoms with E-state index in [0.29, 0.717) is 12.1 Å². The first-order valence-electron chi connectivity index (χ1n) is 7.55. The molecule has 116 valence electrons. The smallest absolute Gasteiger partial charge is 0.252 e. The summed E-state index contributed by atoms with van der Waals surface area (Å²) in [5, 5.41) is 3.72. The molecule has 0 bridgehead atoms. The van der Waals surface area contributed by atoms with E-state index in [-0.39, 0.29) is 5.91 Å². The lowest BCUT2D eigenvalue weighted by Gasteiger charge is -2.10. The van der Waals surface area contributed by atoms with Crippen LogP contribution in [0.25, 0.3) is 22.2 Å². The second-order valence-electron chi connectivity index (χ2n) is 5.16. The van der Waals surface area contributed by atoms with Gasteiger partial charge in [0.1, 0.15) is 5.75 Å². The monoisotopic (exact) mass is 306 g/mol. The molecule has 4 heteroatoms. The number of para-hydroxylation sites is 1. The zero-order valence-corrected chi connectivity index (χ0v) is 13.2. The molecular weight excluding hydrogens is 288 g/mol. The summed E-state index contributed by atoms with van der Waals surface area (Å²) in [6, 6.07) is 17.2. The van der Waals surface area contributed by atoms with Gasteiger partial charge in [0.15, 0.2) is 0 Å². The summed E-state index contributed by atoms with van der Waals surface area (Å²) in [7, 11) is 1.64. The number of pyridine rings is 1. The number of carbonyl (C=O) groups is 1. The van der Waals surface area contributed by atoms with Crippen molar-refractivity contribution >= 4 is 16.8 Å². The SMILES string of the molecule is CCNC(=O)c1cc(-c2ccc(OC)cc2)nc2ccccc12. The van der Waals surface area contributed by atoms with Crippen LogP contribution in [0.5, 0.6) is 5.75 Å². The number of nitrogens with one attached hydrogen (secondary N) is 1. The number of carbonyl (C=O) groups excluding carboxylic acids is 1. The lowest BCUT2D eigenvalue weighted by Crippen LogP contribution is -2.23. The third kappa shape index (κ3) is 3.01. The van der Waals surface area contributed by atoms with Crippen molar-refractivity contribution in [2.75, 3.05) is 13.7 Å². The number of hydrogen-bond acceptors (Lipinski definition) is 3. The molecule has 0 atom stereocenters. The highest BCUT2D eigenvalue weighted by Gasteiger charge is 2.13. The number of nitrogens with zero attached hydrogens (tertiary/aromatic N) is 1. The second kappa shape index (κ2) is 6.48. The normalized spacial score (nSPS) is 10.5. The Morgan fingerprint density at radius 2 is 1.87 bits per heavy atom. The van der Waals surface area contributed by atoms with Gasteiger partial charge in [-0.25, -0.2) is 4.98 Å². The van der Waals surface area contributed by atoms with Crippen LogP contribution < -0.4 is 10.1 Å². The van der Waals surface area contributed by atoms with E-state index in [1.807, 2.05) is 61.5 Å². The molecule has 4 nitrogen and oxygen atoms in total. The van der Waals surface area contributed by atoms with Gasteiger partial charge in [-0.3, -0.25) is 4.79 Å². The minimum atomic E-state index is -0.0825. The van der Waals surface area contributed by atoms with Crippen LogP contribution >= 0.6 is 0 Å². The van der Waals surface area contributed by atoms with Crippen LogP contribution in [0.2, 0.25) is 0 Å². The fraction of sp³-hybridized carbons (Fsp3) is 0.158. The number of fused-ring (bicyclic) bond motifs is 1. The van der Waals surface area contributed by atoms with Crippen molar-refractivity contribution < 1.29 is 9.53 Å². The van der Waals surface area contributed by atoms with Crippen molar-refractivity contribution in [1.29, 1.82) is 0 Å². The number of methoxy groups -OCH3 is 1. The Kier molecular flexibility index (Phi) is 4.24. The molecule has 0 saturated heterocycles. The molecular formula is C19H18N2O2. The third-order valence-electron chi connectivity index (χ3n) is 3.68. The molecule has 0 fully saturated rings. The van der Waals surface area contributed by atoms with Crippen molar-refractivity contribution in [1.82, 2.24) is 10.3 Å². The molecule has 0 aliphatic rings. The van der Waals surface area contributed by atoms with Crippen molar-refractivity contribution in [3.8, 4) is 17.0 Å². The molecule has 3 rings (SSSR count). The number of amides is 1. The third-order valence-corrected chi connectivity index (χ3v) is 3.68. The first-order valence-corrected chi connectivity index (χ1v) is 7.55. The molecule has 1 N–H and O–H groups in total. The molecule has 23 heavy (non-hydrogen) atoms. The fourth-order valence-electron chi connectivity index (χ4n) is 2.53. The van der Waals surface area contributed by atoms with E-state index in [1.165, 1.54) is 0 Å². The highest BCUT2D eigenvalue weighted by Crippen LogP contribution is 2.26. The maximum atomic E-state index is 12.4. The summed E-state index contributed by atoms with van der Waals surface area (Å²) in [4.78, 5) is 17.1. The van der Waals surface area contributed by atoms with Gasteiger partial charge < -0.3 is 10.1 Å². The Bertz CT molecular complexity index is 842. The van der Waals surface area contributed by atoms with Crippen molar-refractivity contribution in [2.24, 2.45) is 0 Å². The van der Waals surface area contributed by atoms with Crippen LogP contribution in [-0.2, 0) is 0 Å². The summed E-state index contributed by atoms with van der Waals surface area (Å²) in [6.07, 6.45) is 0. The zero-order chi connectivity index (χ0) is 16.2. The fourth-order valence-corrected chi connectivity index (χ4v) is 2.53. The molecule has 1 heterocycles. The van der Waals surface area contributed by atoms with E-state index in [1.54, 1.807) is 7.11 Å². The first kappa shape index (κ1) is 15.0. The molecule has 0 unspecified atom stereocenters. The quantitative estimate of drug-likeness (QED) is 0.800. The summed E-state index contributed by atoms with van der Waals surface area (Å²) in [6.45, 7) is 2.50. The van der Waals surface area contributed by atoms with Gasteiger partial charge >= 0.3 is 0 Å². The molecule has 3 aromatic rings. The Hall–Kier alpha value is -2.88. The van der Waals surface area contributed by atoms with Crippen molar-refractivity contribution in [3.05, 3.63) is 60.2 Å². The molecule has 0 radical (unpaired) electrons. The van der Waals surface area contributed by atoms with Crippen LogP contribution in [0.3, 0.4) is 0 Å². The molecule has 1 amide bonds. The van der Waals surface area contributed by atoms with Crippen LogP contribution in [0.1, 0.15) is 17.3 Å². The average Bonchev–Trinajstić information content (AvgIpc) is 2.61. The van der Waals surface area contributed by atoms with Gasteiger partial charge in [0, 0.05) is 17.5 Å². The predicted molar refractivity (Wildman–Crippen MR) is 91.7 cm³/mol. The lowest BCUT2D eigenvalue weighted by molar-refractivity contribution is 0.0957. The van der Waals surface area contributed by atoms with Crippen molar-refractivity contribution in [3.63, 3.8) is 0 Å². The standard InChI is InChI=1S/C19H18N2O2/c1-3-20-19(22)16-12-18(13-8-10-14(23-2)11-9-13)21-17-7-5-4-6-15(16)17/h4-12H,3H2,1-2H3,(H,20,22). The van der Waals surface area contributed by atoms with E-state index >= 15 is 0 Å². The van der Waals surface area contributed by atoms with Gasteiger partial charge in [0.05, 0.1) is 23.9 Å². The second-order valence-corrected chi connectivity index (χ2v) is 5.16. The van der Waals surface area contributed by atoms with E-state index in [0.717, 1.165) is 27.9 Å². The van der Waals surface area contributed by atoms with Gasteiger partial charge in [-0.05, 0) is 43.3 Å². The Labute approximate surface area is 135 Å². The topological polar surface area (TPSA) is 51.2 Å². The molecule has 0 aliphatic heterocycles. The number of benzene rings is 2. The minimum absolute atomic E-state index is 0.0825. The lowest BCUT2D eigenvalue weighted by atomic mass is 10.0. The van der Waals surface area contributed by atoms with Gasteiger partial charge in [0.2, 0.25) is 0 Å². The van der Waals surface area contributed by atoms with E-state index in [9.17, 15) is 4.79 Å². The summed E-state index contributed by atoms with van der Waals surface area (Å²) in [5.74, 6) is 0.708. The van der Waals surface area contributed by atoms with Gasteiger partial charge in [-0.1, -0.05) is 18.2 Å². The predicted octanol–water partition coefficient (Wildman–Crippen LogP) is 3.66. The van der Waals surface area contributed by atoms with Crippen LogP contribution in [0, 0.1) is 0 Å². The maximum Gasteiger partial charge on any atom is 0.252 e. The van der Waals surface area contributed by atoms with E-state index < -0.39 is 0 Å². The van der Waals surface area contributed by atoms with Crippen LogP contribution in [0.15, 0.2) is 54.6 Å². The summed E-state index contributed by atoms with van der Waals surface area (Å²) >= 11 is 0. The van der Waals surface area contributed by atoms with E-state index in [4.69, 9.17) is 4.74 Å². The first-order chi connectivity index (χ1) is 11.2. The van der Waals surface area contributed by atoms with Crippen molar-refractivity contribution in [2.45, 2.75) is 6.92 Å². The highest BCUT2D eigenvalue weighted by atomic mass is 16.5. The number of hydrogen-bond donors (Lipinski definition) is 1. The highest BCUT2D eigenvalue weighted by molar-refractivity contribution is 6.07. The number of rotatable bonds is 4. The van der Waals surface area contributed by atoms with Gasteiger partial charge in [0.25, 0.3) is 5.91 Å². The molecule has 0 spiro atoms. The Balaban J connectivity index is 2.15. The average molecular weight is 306 g/mol. The van der Waals surface area contributed by atoms with Gasteiger partial charge in [-0.2, -0.15) is 0 Å². The number of aromatic nitrogens is 1. The van der Waals surface area contributed by atoms with Gasteiger partial charge in [-0.15, -0.1) is 0 Å². The summed E-state index contributed by atoms with van der Waals surface area (Å²) < 4.78 is 5.18. The largest absolute Gasteiger partial charge is 0.497 e. The zero-order valence-electron chi connectivity index (χ0n) is 13.2. The summed E-state index contributed by atoms with van der Waals surface area (Å²) in [5.41, 5.74) is 3.17. The van der Waals surface area contributed by atoms with E-state index in [2.05, 4.69) is 10.3 Å². The molecule has 1 aromatic heterocycles.